The third-order valence-electron chi connectivity index (χ3n) is 3.35. The predicted octanol–water partition coefficient (Wildman–Crippen LogP) is 3.94. The van der Waals surface area contributed by atoms with E-state index in [2.05, 4.69) is 45.6 Å². The highest BCUT2D eigenvalue weighted by molar-refractivity contribution is 5.51. The Morgan fingerprint density at radius 3 is 2.11 bits per heavy atom. The third-order valence-corrected chi connectivity index (χ3v) is 3.35. The molecule has 1 rings (SSSR count). The maximum Gasteiger partial charge on any atom is 0.132 e. The van der Waals surface area contributed by atoms with Gasteiger partial charge in [0.25, 0.3) is 0 Å². The number of rotatable bonds is 7. The fourth-order valence-corrected chi connectivity index (χ4v) is 2.37. The van der Waals surface area contributed by atoms with Crippen molar-refractivity contribution >= 4 is 5.82 Å². The first-order valence-electron chi connectivity index (χ1n) is 7.34. The Balaban J connectivity index is 3.22. The van der Waals surface area contributed by atoms with E-state index in [0.717, 1.165) is 44.5 Å². The summed E-state index contributed by atoms with van der Waals surface area (Å²) in [5.74, 6) is 1.20. The largest absolute Gasteiger partial charge is 0.357 e. The van der Waals surface area contributed by atoms with Crippen molar-refractivity contribution in [2.75, 3.05) is 18.0 Å². The van der Waals surface area contributed by atoms with Crippen LogP contribution in [0.3, 0.4) is 0 Å². The van der Waals surface area contributed by atoms with Crippen LogP contribution in [-0.4, -0.2) is 18.1 Å². The van der Waals surface area contributed by atoms with E-state index in [1.807, 2.05) is 0 Å². The molecule has 0 aliphatic rings. The van der Waals surface area contributed by atoms with Gasteiger partial charge in [0.2, 0.25) is 0 Å². The normalized spacial score (nSPS) is 10.7. The number of hydrogen-bond acceptors (Lipinski definition) is 2. The van der Waals surface area contributed by atoms with Gasteiger partial charge in [-0.3, -0.25) is 0 Å². The van der Waals surface area contributed by atoms with Gasteiger partial charge in [0.15, 0.2) is 0 Å². The lowest BCUT2D eigenvalue weighted by atomic mass is 10.0. The van der Waals surface area contributed by atoms with Gasteiger partial charge < -0.3 is 4.90 Å². The van der Waals surface area contributed by atoms with Crippen LogP contribution in [-0.2, 0) is 12.8 Å². The molecule has 0 unspecified atom stereocenters. The molecule has 0 amide bonds. The summed E-state index contributed by atoms with van der Waals surface area (Å²) in [4.78, 5) is 7.22. The van der Waals surface area contributed by atoms with Gasteiger partial charge in [-0.2, -0.15) is 0 Å². The molecule has 1 aromatic rings. The highest BCUT2D eigenvalue weighted by Crippen LogP contribution is 2.24. The van der Waals surface area contributed by atoms with E-state index in [1.165, 1.54) is 16.9 Å². The molecule has 1 aromatic heterocycles. The number of anilines is 1. The van der Waals surface area contributed by atoms with Gasteiger partial charge in [0.05, 0.1) is 5.69 Å². The lowest BCUT2D eigenvalue weighted by molar-refractivity contribution is 0.793. The van der Waals surface area contributed by atoms with Gasteiger partial charge in [-0.25, -0.2) is 4.98 Å². The predicted molar refractivity (Wildman–Crippen MR) is 79.4 cm³/mol. The molecule has 0 bridgehead atoms. The Morgan fingerprint density at radius 2 is 1.61 bits per heavy atom. The van der Waals surface area contributed by atoms with E-state index in [-0.39, 0.29) is 0 Å². The van der Waals surface area contributed by atoms with Gasteiger partial charge in [-0.05, 0) is 44.7 Å². The summed E-state index contributed by atoms with van der Waals surface area (Å²) in [6, 6.07) is 3.47. The summed E-state index contributed by atoms with van der Waals surface area (Å²) >= 11 is 0. The van der Waals surface area contributed by atoms with Crippen LogP contribution in [0.5, 0.6) is 0 Å². The second kappa shape index (κ2) is 7.40. The molecule has 101 valence electrons. The summed E-state index contributed by atoms with van der Waals surface area (Å²) < 4.78 is 0. The van der Waals surface area contributed by atoms with Crippen LogP contribution in [0.15, 0.2) is 0 Å². The van der Waals surface area contributed by atoms with Crippen molar-refractivity contribution in [1.29, 1.82) is 0 Å². The first-order chi connectivity index (χ1) is 8.67. The first kappa shape index (κ1) is 15.0. The minimum Gasteiger partial charge on any atom is -0.357 e. The minimum absolute atomic E-state index is 1.02. The van der Waals surface area contributed by atoms with Crippen LogP contribution in [0.1, 0.15) is 57.4 Å². The van der Waals surface area contributed by atoms with Crippen LogP contribution in [0.4, 0.5) is 5.82 Å². The molecule has 1 heterocycles. The van der Waals surface area contributed by atoms with Crippen LogP contribution in [0.25, 0.3) is 0 Å². The van der Waals surface area contributed by atoms with Gasteiger partial charge >= 0.3 is 0 Å². The van der Waals surface area contributed by atoms with E-state index in [9.17, 15) is 0 Å². The van der Waals surface area contributed by atoms with E-state index in [1.54, 1.807) is 0 Å². The molecular formula is C16H27N2. The minimum atomic E-state index is 1.02. The molecule has 0 saturated carbocycles. The van der Waals surface area contributed by atoms with Crippen molar-refractivity contribution < 1.29 is 0 Å². The number of aryl methyl sites for hydroxylation is 2. The van der Waals surface area contributed by atoms with Crippen LogP contribution in [0, 0.1) is 13.0 Å². The second-order valence-corrected chi connectivity index (χ2v) is 4.78. The highest BCUT2D eigenvalue weighted by atomic mass is 15.2. The summed E-state index contributed by atoms with van der Waals surface area (Å²) in [5.41, 5.74) is 3.80. The molecule has 2 heteroatoms. The van der Waals surface area contributed by atoms with Crippen LogP contribution >= 0.6 is 0 Å². The third kappa shape index (κ3) is 3.47. The molecule has 0 fully saturated rings. The zero-order valence-electron chi connectivity index (χ0n) is 12.6. The number of hydrogen-bond donors (Lipinski definition) is 0. The Kier molecular flexibility index (Phi) is 6.17. The molecule has 1 radical (unpaired) electrons. The van der Waals surface area contributed by atoms with Crippen molar-refractivity contribution in [2.45, 2.75) is 60.3 Å². The summed E-state index contributed by atoms with van der Waals surface area (Å²) in [7, 11) is 0. The van der Waals surface area contributed by atoms with Gasteiger partial charge in [0, 0.05) is 19.2 Å². The van der Waals surface area contributed by atoms with Gasteiger partial charge in [-0.15, -0.1) is 0 Å². The van der Waals surface area contributed by atoms with E-state index in [0.29, 0.717) is 0 Å². The molecule has 0 atom stereocenters. The molecule has 0 aliphatic carbocycles. The molecule has 0 N–H and O–H groups in total. The summed E-state index contributed by atoms with van der Waals surface area (Å²) in [5, 5.41) is 0. The lowest BCUT2D eigenvalue weighted by Crippen LogP contribution is -2.25. The maximum atomic E-state index is 4.85. The van der Waals surface area contributed by atoms with Crippen molar-refractivity contribution in [1.82, 2.24) is 4.98 Å². The SMILES string of the molecule is CCCc1[c]c(C)c(CCC)c(N(CC)CC)n1. The van der Waals surface area contributed by atoms with Crippen LogP contribution < -0.4 is 4.90 Å². The molecule has 2 nitrogen and oxygen atoms in total. The Labute approximate surface area is 112 Å². The average molecular weight is 247 g/mol. The Hall–Kier alpha value is -1.05. The maximum absolute atomic E-state index is 4.85. The topological polar surface area (TPSA) is 16.1 Å². The summed E-state index contributed by atoms with van der Waals surface area (Å²) in [6.07, 6.45) is 4.43. The lowest BCUT2D eigenvalue weighted by Gasteiger charge is -2.24. The number of aromatic nitrogens is 1. The Bertz CT molecular complexity index is 368. The smallest absolute Gasteiger partial charge is 0.132 e. The van der Waals surface area contributed by atoms with E-state index < -0.39 is 0 Å². The zero-order valence-corrected chi connectivity index (χ0v) is 12.6. The fourth-order valence-electron chi connectivity index (χ4n) is 2.37. The molecule has 0 aromatic carbocycles. The molecule has 18 heavy (non-hydrogen) atoms. The van der Waals surface area contributed by atoms with Gasteiger partial charge in [-0.1, -0.05) is 26.7 Å². The Morgan fingerprint density at radius 1 is 1.00 bits per heavy atom. The van der Waals surface area contributed by atoms with Gasteiger partial charge in [0.1, 0.15) is 5.82 Å². The van der Waals surface area contributed by atoms with Crippen molar-refractivity contribution in [2.24, 2.45) is 0 Å². The van der Waals surface area contributed by atoms with Crippen molar-refractivity contribution in [3.05, 3.63) is 22.9 Å². The molecular weight excluding hydrogens is 220 g/mol. The monoisotopic (exact) mass is 247 g/mol. The quantitative estimate of drug-likeness (QED) is 0.725. The number of pyridine rings is 1. The zero-order chi connectivity index (χ0) is 13.5. The first-order valence-corrected chi connectivity index (χ1v) is 7.34. The van der Waals surface area contributed by atoms with Crippen molar-refractivity contribution in [3.8, 4) is 0 Å². The molecule has 0 saturated heterocycles. The average Bonchev–Trinajstić information content (AvgIpc) is 2.35. The standard InChI is InChI=1S/C16H27N2/c1-6-10-14-12-13(5)15(11-7-2)16(17-14)18(8-3)9-4/h6-11H2,1-5H3. The molecule has 0 aliphatic heterocycles. The molecule has 0 spiro atoms. The van der Waals surface area contributed by atoms with E-state index >= 15 is 0 Å². The van der Waals surface area contributed by atoms with Crippen LogP contribution in [0.2, 0.25) is 0 Å². The van der Waals surface area contributed by atoms with Crippen molar-refractivity contribution in [3.63, 3.8) is 0 Å². The summed E-state index contributed by atoms with van der Waals surface area (Å²) in [6.45, 7) is 13.1. The second-order valence-electron chi connectivity index (χ2n) is 4.78. The highest BCUT2D eigenvalue weighted by Gasteiger charge is 2.14. The fraction of sp³-hybridized carbons (Fsp3) is 0.688. The number of nitrogens with zero attached hydrogens (tertiary/aromatic N) is 2. The van der Waals surface area contributed by atoms with E-state index in [4.69, 9.17) is 4.98 Å².